The lowest BCUT2D eigenvalue weighted by atomic mass is 9.86. The highest BCUT2D eigenvalue weighted by Gasteiger charge is 2.30. The maximum Gasteiger partial charge on any atom is 0.157 e. The highest BCUT2D eigenvalue weighted by atomic mass is 32.2. The molecule has 3 nitrogen and oxygen atoms in total. The molecule has 0 spiro atoms. The first kappa shape index (κ1) is 13.7. The number of nitrogens with zero attached hydrogens (tertiary/aromatic N) is 2. The van der Waals surface area contributed by atoms with E-state index in [1.54, 1.807) is 0 Å². The molecule has 0 radical (unpaired) electrons. The Balaban J connectivity index is 1.56. The van der Waals surface area contributed by atoms with Crippen molar-refractivity contribution in [3.05, 3.63) is 0 Å². The van der Waals surface area contributed by atoms with Gasteiger partial charge in [-0.1, -0.05) is 31.5 Å². The van der Waals surface area contributed by atoms with E-state index >= 15 is 0 Å². The van der Waals surface area contributed by atoms with Crippen molar-refractivity contribution in [1.29, 1.82) is 0 Å². The third-order valence-electron chi connectivity index (χ3n) is 4.87. The van der Waals surface area contributed by atoms with Crippen molar-refractivity contribution in [3.8, 4) is 0 Å². The van der Waals surface area contributed by atoms with E-state index in [0.717, 1.165) is 5.92 Å². The number of nitrogens with one attached hydrogen (secondary N) is 1. The quantitative estimate of drug-likeness (QED) is 0.843. The number of likely N-dealkylation sites (tertiary alicyclic amines) is 1. The molecule has 4 heteroatoms. The average molecular weight is 281 g/mol. The van der Waals surface area contributed by atoms with Crippen molar-refractivity contribution in [2.75, 3.05) is 25.4 Å². The number of amidine groups is 1. The van der Waals surface area contributed by atoms with Crippen molar-refractivity contribution in [2.24, 2.45) is 10.9 Å². The number of hydrogen-bond donors (Lipinski definition) is 1. The molecule has 0 bridgehead atoms. The summed E-state index contributed by atoms with van der Waals surface area (Å²) in [6.45, 7) is 5.92. The lowest BCUT2D eigenvalue weighted by molar-refractivity contribution is 0.210. The Morgan fingerprint density at radius 2 is 2.16 bits per heavy atom. The molecule has 108 valence electrons. The monoisotopic (exact) mass is 281 g/mol. The molecule has 3 rings (SSSR count). The summed E-state index contributed by atoms with van der Waals surface area (Å²) in [7, 11) is 0. The van der Waals surface area contributed by atoms with E-state index in [9.17, 15) is 0 Å². The van der Waals surface area contributed by atoms with Crippen LogP contribution in [-0.4, -0.2) is 47.5 Å². The van der Waals surface area contributed by atoms with Crippen LogP contribution in [0.5, 0.6) is 0 Å². The molecular formula is C15H27N3S. The molecule has 3 unspecified atom stereocenters. The lowest BCUT2D eigenvalue weighted by Gasteiger charge is -2.36. The second kappa shape index (κ2) is 6.49. The molecule has 0 aromatic carbocycles. The van der Waals surface area contributed by atoms with Crippen LogP contribution < -0.4 is 5.32 Å². The van der Waals surface area contributed by atoms with Gasteiger partial charge >= 0.3 is 0 Å². The van der Waals surface area contributed by atoms with Gasteiger partial charge in [0, 0.05) is 18.3 Å². The van der Waals surface area contributed by atoms with E-state index in [-0.39, 0.29) is 0 Å². The fourth-order valence-corrected chi connectivity index (χ4v) is 4.86. The van der Waals surface area contributed by atoms with Crippen LogP contribution in [0.4, 0.5) is 0 Å². The number of hydrogen-bond acceptors (Lipinski definition) is 4. The molecule has 0 aromatic rings. The summed E-state index contributed by atoms with van der Waals surface area (Å²) in [5, 5.41) is 4.97. The smallest absolute Gasteiger partial charge is 0.157 e. The Morgan fingerprint density at radius 3 is 3.05 bits per heavy atom. The van der Waals surface area contributed by atoms with E-state index in [1.807, 2.05) is 11.8 Å². The van der Waals surface area contributed by atoms with E-state index in [2.05, 4.69) is 17.1 Å². The van der Waals surface area contributed by atoms with Gasteiger partial charge in [0.1, 0.15) is 0 Å². The van der Waals surface area contributed by atoms with Crippen molar-refractivity contribution in [3.63, 3.8) is 0 Å². The maximum atomic E-state index is 5.00. The molecule has 0 aromatic heterocycles. The molecule has 1 saturated carbocycles. The predicted molar refractivity (Wildman–Crippen MR) is 83.9 cm³/mol. The molecule has 3 aliphatic rings. The highest BCUT2D eigenvalue weighted by Crippen LogP contribution is 2.33. The minimum atomic E-state index is 0.625. The molecule has 1 aliphatic carbocycles. The van der Waals surface area contributed by atoms with Gasteiger partial charge in [0.25, 0.3) is 0 Å². The van der Waals surface area contributed by atoms with E-state index in [1.165, 1.54) is 69.1 Å². The van der Waals surface area contributed by atoms with Gasteiger partial charge in [-0.3, -0.25) is 4.99 Å². The van der Waals surface area contributed by atoms with Gasteiger partial charge < -0.3 is 10.2 Å². The Bertz CT molecular complexity index is 331. The molecule has 2 aliphatic heterocycles. The number of fused-ring (bicyclic) bond motifs is 1. The number of likely N-dealkylation sites (N-methyl/N-ethyl adjacent to an activating group) is 1. The van der Waals surface area contributed by atoms with Crippen molar-refractivity contribution < 1.29 is 0 Å². The Labute approximate surface area is 121 Å². The highest BCUT2D eigenvalue weighted by molar-refractivity contribution is 8.13. The number of thioether (sulfide) groups is 1. The molecule has 2 fully saturated rings. The largest absolute Gasteiger partial charge is 0.361 e. The first-order valence-electron chi connectivity index (χ1n) is 8.04. The molecule has 0 amide bonds. The number of piperidine rings is 1. The van der Waals surface area contributed by atoms with Crippen LogP contribution in [0.3, 0.4) is 0 Å². The van der Waals surface area contributed by atoms with Gasteiger partial charge in [-0.15, -0.1) is 0 Å². The second-order valence-electron chi connectivity index (χ2n) is 6.23. The van der Waals surface area contributed by atoms with Gasteiger partial charge in [0.15, 0.2) is 5.17 Å². The zero-order chi connectivity index (χ0) is 13.1. The average Bonchev–Trinajstić information content (AvgIpc) is 2.47. The van der Waals surface area contributed by atoms with Crippen LogP contribution in [0.25, 0.3) is 0 Å². The van der Waals surface area contributed by atoms with Crippen molar-refractivity contribution in [2.45, 2.75) is 57.5 Å². The van der Waals surface area contributed by atoms with E-state index < -0.39 is 0 Å². The first-order valence-corrected chi connectivity index (χ1v) is 9.03. The van der Waals surface area contributed by atoms with Crippen LogP contribution in [0.1, 0.15) is 45.4 Å². The number of rotatable bonds is 2. The van der Waals surface area contributed by atoms with Crippen LogP contribution >= 0.6 is 11.8 Å². The van der Waals surface area contributed by atoms with Crippen molar-refractivity contribution in [1.82, 2.24) is 10.2 Å². The van der Waals surface area contributed by atoms with Crippen LogP contribution in [0.15, 0.2) is 4.99 Å². The second-order valence-corrected chi connectivity index (χ2v) is 7.24. The normalized spacial score (nSPS) is 36.5. The summed E-state index contributed by atoms with van der Waals surface area (Å²) in [4.78, 5) is 7.55. The molecule has 1 saturated heterocycles. The molecule has 1 N–H and O–H groups in total. The first-order chi connectivity index (χ1) is 9.35. The predicted octanol–water partition coefficient (Wildman–Crippen LogP) is 2.72. The summed E-state index contributed by atoms with van der Waals surface area (Å²) in [6.07, 6.45) is 8.17. The van der Waals surface area contributed by atoms with E-state index in [4.69, 9.17) is 4.99 Å². The maximum absolute atomic E-state index is 5.00. The standard InChI is InChI=1S/C15H27N3S/c1-2-18-9-5-7-13(10-18)16-15-17-14-8-4-3-6-12(14)11-19-15/h12-14H,2-11H2,1H3,(H,16,17). The van der Waals surface area contributed by atoms with Crippen molar-refractivity contribution >= 4 is 16.9 Å². The fourth-order valence-electron chi connectivity index (χ4n) is 3.64. The molecule has 19 heavy (non-hydrogen) atoms. The zero-order valence-corrected chi connectivity index (χ0v) is 12.9. The molecule has 3 atom stereocenters. The Morgan fingerprint density at radius 1 is 1.26 bits per heavy atom. The SMILES string of the molecule is CCN1CCCC(NC2=NC3CCCCC3CS2)C1. The third kappa shape index (κ3) is 3.46. The lowest BCUT2D eigenvalue weighted by Crippen LogP contribution is -2.48. The minimum Gasteiger partial charge on any atom is -0.361 e. The van der Waals surface area contributed by atoms with Gasteiger partial charge in [-0.25, -0.2) is 0 Å². The summed E-state index contributed by atoms with van der Waals surface area (Å²) in [6, 6.07) is 1.25. The van der Waals surface area contributed by atoms with Crippen LogP contribution in [-0.2, 0) is 0 Å². The van der Waals surface area contributed by atoms with Gasteiger partial charge in [0.2, 0.25) is 0 Å². The van der Waals surface area contributed by atoms with Gasteiger partial charge in [-0.2, -0.15) is 0 Å². The topological polar surface area (TPSA) is 27.6 Å². The minimum absolute atomic E-state index is 0.625. The summed E-state index contributed by atoms with van der Waals surface area (Å²) >= 11 is 1.97. The van der Waals surface area contributed by atoms with Gasteiger partial charge in [-0.05, 0) is 44.7 Å². The van der Waals surface area contributed by atoms with E-state index in [0.29, 0.717) is 12.1 Å². The third-order valence-corrected chi connectivity index (χ3v) is 5.96. The fraction of sp³-hybridized carbons (Fsp3) is 0.933. The summed E-state index contributed by atoms with van der Waals surface area (Å²) in [5.74, 6) is 2.16. The van der Waals surface area contributed by atoms with Crippen LogP contribution in [0, 0.1) is 5.92 Å². The summed E-state index contributed by atoms with van der Waals surface area (Å²) in [5.41, 5.74) is 0. The number of aliphatic imine (C=N–C) groups is 1. The Hall–Kier alpha value is -0.220. The Kier molecular flexibility index (Phi) is 4.69. The van der Waals surface area contributed by atoms with Gasteiger partial charge in [0.05, 0.1) is 6.04 Å². The van der Waals surface area contributed by atoms with Crippen LogP contribution in [0.2, 0.25) is 0 Å². The molecule has 2 heterocycles. The summed E-state index contributed by atoms with van der Waals surface area (Å²) < 4.78 is 0. The zero-order valence-electron chi connectivity index (χ0n) is 12.1. The molecular weight excluding hydrogens is 254 g/mol.